The van der Waals surface area contributed by atoms with Crippen molar-refractivity contribution in [2.45, 2.75) is 24.1 Å². The predicted octanol–water partition coefficient (Wildman–Crippen LogP) is 3.30. The highest BCUT2D eigenvalue weighted by atomic mass is 32.2. The van der Waals surface area contributed by atoms with Crippen LogP contribution in [0.2, 0.25) is 0 Å². The molecule has 0 aliphatic carbocycles. The Morgan fingerprint density at radius 3 is 2.83 bits per heavy atom. The Morgan fingerprint density at radius 1 is 1.39 bits per heavy atom. The predicted molar refractivity (Wildman–Crippen MR) is 64.7 cm³/mol. The molecule has 0 fully saturated rings. The molecule has 0 amide bonds. The molecule has 1 aromatic carbocycles. The number of rotatable bonds is 5. The van der Waals surface area contributed by atoms with E-state index in [4.69, 9.17) is 4.52 Å². The van der Waals surface area contributed by atoms with Gasteiger partial charge in [-0.15, -0.1) is 0 Å². The second-order valence-corrected chi connectivity index (χ2v) is 4.49. The van der Waals surface area contributed by atoms with Gasteiger partial charge in [0.2, 0.25) is 5.89 Å². The van der Waals surface area contributed by atoms with Crippen LogP contribution in [0.25, 0.3) is 0 Å². The molecular weight excluding hydrogens is 260 g/mol. The van der Waals surface area contributed by atoms with Crippen LogP contribution in [0.5, 0.6) is 0 Å². The lowest BCUT2D eigenvalue weighted by Gasteiger charge is -2.09. The molecule has 1 heterocycles. The Bertz CT molecular complexity index is 518. The zero-order chi connectivity index (χ0) is 13.0. The number of aryl methyl sites for hydroxylation is 1. The molecular formula is C11H11F2N3OS. The van der Waals surface area contributed by atoms with Gasteiger partial charge in [-0.1, -0.05) is 29.1 Å². The third-order valence-corrected chi connectivity index (χ3v) is 2.90. The maximum atomic E-state index is 12.4. The Labute approximate surface area is 107 Å². The Morgan fingerprint density at radius 2 is 2.17 bits per heavy atom. The van der Waals surface area contributed by atoms with E-state index in [1.165, 1.54) is 0 Å². The standard InChI is InChI=1S/C11H11F2N3OS/c1-7-15-10(16-17-7)6-14-8-4-2-3-5-9(8)18-11(12)13/h2-5,11,14H,6H2,1H3. The number of alkyl halides is 2. The maximum Gasteiger partial charge on any atom is 0.288 e. The summed E-state index contributed by atoms with van der Waals surface area (Å²) in [6.45, 7) is 2.02. The molecule has 4 nitrogen and oxygen atoms in total. The molecule has 96 valence electrons. The Balaban J connectivity index is 2.04. The third kappa shape index (κ3) is 3.43. The summed E-state index contributed by atoms with van der Waals surface area (Å²) in [6.07, 6.45) is 0. The zero-order valence-corrected chi connectivity index (χ0v) is 10.4. The van der Waals surface area contributed by atoms with E-state index in [0.29, 0.717) is 40.6 Å². The molecule has 2 rings (SSSR count). The van der Waals surface area contributed by atoms with Gasteiger partial charge in [-0.3, -0.25) is 0 Å². The van der Waals surface area contributed by atoms with Crippen molar-refractivity contribution in [1.29, 1.82) is 0 Å². The first kappa shape index (κ1) is 12.8. The molecule has 0 radical (unpaired) electrons. The van der Waals surface area contributed by atoms with Gasteiger partial charge in [0, 0.05) is 17.5 Å². The molecule has 0 spiro atoms. The average Bonchev–Trinajstić information content (AvgIpc) is 2.73. The van der Waals surface area contributed by atoms with Crippen LogP contribution in [-0.4, -0.2) is 15.9 Å². The van der Waals surface area contributed by atoms with Gasteiger partial charge in [0.25, 0.3) is 5.76 Å². The van der Waals surface area contributed by atoms with E-state index in [2.05, 4.69) is 15.5 Å². The number of para-hydroxylation sites is 1. The first-order chi connectivity index (χ1) is 8.65. The number of nitrogens with zero attached hydrogens (tertiary/aromatic N) is 2. The molecule has 0 aliphatic heterocycles. The van der Waals surface area contributed by atoms with Crippen LogP contribution < -0.4 is 5.32 Å². The van der Waals surface area contributed by atoms with E-state index in [-0.39, 0.29) is 0 Å². The zero-order valence-electron chi connectivity index (χ0n) is 9.56. The van der Waals surface area contributed by atoms with Crippen molar-refractivity contribution in [3.63, 3.8) is 0 Å². The minimum Gasteiger partial charge on any atom is -0.377 e. The van der Waals surface area contributed by atoms with Crippen molar-refractivity contribution in [2.24, 2.45) is 0 Å². The fourth-order valence-corrected chi connectivity index (χ4v) is 2.02. The van der Waals surface area contributed by atoms with Crippen LogP contribution in [0.1, 0.15) is 11.7 Å². The molecule has 1 N–H and O–H groups in total. The molecule has 0 aliphatic rings. The fraction of sp³-hybridized carbons (Fsp3) is 0.273. The van der Waals surface area contributed by atoms with Crippen molar-refractivity contribution in [1.82, 2.24) is 10.1 Å². The summed E-state index contributed by atoms with van der Waals surface area (Å²) < 4.78 is 29.5. The van der Waals surface area contributed by atoms with Gasteiger partial charge < -0.3 is 9.84 Å². The van der Waals surface area contributed by atoms with Crippen LogP contribution in [0.3, 0.4) is 0 Å². The summed E-state index contributed by atoms with van der Waals surface area (Å²) in [6, 6.07) is 6.87. The lowest BCUT2D eigenvalue weighted by Crippen LogP contribution is -2.02. The van der Waals surface area contributed by atoms with E-state index in [1.807, 2.05) is 0 Å². The van der Waals surface area contributed by atoms with Crippen LogP contribution in [0.15, 0.2) is 33.7 Å². The Hall–Kier alpha value is -1.63. The number of hydrogen-bond acceptors (Lipinski definition) is 5. The van der Waals surface area contributed by atoms with Gasteiger partial charge in [0.05, 0.1) is 6.54 Å². The minimum absolute atomic E-state index is 0.331. The summed E-state index contributed by atoms with van der Waals surface area (Å²) in [5, 5.41) is 6.73. The van der Waals surface area contributed by atoms with Gasteiger partial charge in [-0.05, 0) is 12.1 Å². The summed E-state index contributed by atoms with van der Waals surface area (Å²) in [5.41, 5.74) is 0.630. The van der Waals surface area contributed by atoms with Crippen molar-refractivity contribution in [3.05, 3.63) is 36.0 Å². The molecule has 0 saturated heterocycles. The number of anilines is 1. The van der Waals surface area contributed by atoms with E-state index >= 15 is 0 Å². The second-order valence-electron chi connectivity index (χ2n) is 3.46. The number of halogens is 2. The highest BCUT2D eigenvalue weighted by Gasteiger charge is 2.10. The number of benzene rings is 1. The number of hydrogen-bond donors (Lipinski definition) is 1. The third-order valence-electron chi connectivity index (χ3n) is 2.11. The van der Waals surface area contributed by atoms with E-state index in [9.17, 15) is 8.78 Å². The lowest BCUT2D eigenvalue weighted by molar-refractivity contribution is 0.252. The molecule has 0 atom stereocenters. The van der Waals surface area contributed by atoms with Crippen LogP contribution in [-0.2, 0) is 6.54 Å². The van der Waals surface area contributed by atoms with Gasteiger partial charge in [0.1, 0.15) is 0 Å². The average molecular weight is 271 g/mol. The van der Waals surface area contributed by atoms with Gasteiger partial charge >= 0.3 is 0 Å². The van der Waals surface area contributed by atoms with Gasteiger partial charge in [-0.25, -0.2) is 0 Å². The quantitative estimate of drug-likeness (QED) is 0.845. The van der Waals surface area contributed by atoms with Gasteiger partial charge in [-0.2, -0.15) is 13.8 Å². The van der Waals surface area contributed by atoms with E-state index < -0.39 is 5.76 Å². The fourth-order valence-electron chi connectivity index (χ4n) is 1.40. The van der Waals surface area contributed by atoms with Crippen molar-refractivity contribution in [2.75, 3.05) is 5.32 Å². The van der Waals surface area contributed by atoms with Crippen LogP contribution >= 0.6 is 11.8 Å². The van der Waals surface area contributed by atoms with E-state index in [0.717, 1.165) is 0 Å². The molecule has 1 aromatic heterocycles. The second kappa shape index (κ2) is 5.81. The lowest BCUT2D eigenvalue weighted by atomic mass is 10.3. The normalized spacial score (nSPS) is 10.9. The monoisotopic (exact) mass is 271 g/mol. The van der Waals surface area contributed by atoms with Crippen molar-refractivity contribution < 1.29 is 13.3 Å². The molecule has 0 unspecified atom stereocenters. The first-order valence-corrected chi connectivity index (χ1v) is 6.10. The number of thioether (sulfide) groups is 1. The first-order valence-electron chi connectivity index (χ1n) is 5.22. The topological polar surface area (TPSA) is 51.0 Å². The summed E-state index contributed by atoms with van der Waals surface area (Å²) >= 11 is 0.505. The highest BCUT2D eigenvalue weighted by molar-refractivity contribution is 7.99. The number of nitrogens with one attached hydrogen (secondary N) is 1. The van der Waals surface area contributed by atoms with Crippen molar-refractivity contribution >= 4 is 17.4 Å². The largest absolute Gasteiger partial charge is 0.377 e. The molecule has 2 aromatic rings. The Kier molecular flexibility index (Phi) is 4.14. The SMILES string of the molecule is Cc1nc(CNc2ccccc2SC(F)F)no1. The van der Waals surface area contributed by atoms with Crippen LogP contribution in [0.4, 0.5) is 14.5 Å². The molecule has 7 heteroatoms. The molecule has 0 bridgehead atoms. The van der Waals surface area contributed by atoms with Gasteiger partial charge in [0.15, 0.2) is 5.82 Å². The summed E-state index contributed by atoms with van der Waals surface area (Å²) in [7, 11) is 0. The minimum atomic E-state index is -2.44. The molecule has 18 heavy (non-hydrogen) atoms. The summed E-state index contributed by atoms with van der Waals surface area (Å²) in [5.74, 6) is -1.48. The maximum absolute atomic E-state index is 12.4. The highest BCUT2D eigenvalue weighted by Crippen LogP contribution is 2.31. The smallest absolute Gasteiger partial charge is 0.288 e. The number of aromatic nitrogens is 2. The van der Waals surface area contributed by atoms with Crippen molar-refractivity contribution in [3.8, 4) is 0 Å². The summed E-state index contributed by atoms with van der Waals surface area (Å²) in [4.78, 5) is 4.51. The molecule has 0 saturated carbocycles. The van der Waals surface area contributed by atoms with E-state index in [1.54, 1.807) is 31.2 Å². The van der Waals surface area contributed by atoms with Crippen LogP contribution in [0, 0.1) is 6.92 Å².